The van der Waals surface area contributed by atoms with Crippen LogP contribution in [0.2, 0.25) is 0 Å². The van der Waals surface area contributed by atoms with Crippen LogP contribution in [-0.2, 0) is 17.4 Å². The minimum atomic E-state index is -4.42. The molecular weight excluding hydrogens is 362 g/mol. The van der Waals surface area contributed by atoms with Crippen molar-refractivity contribution in [2.75, 3.05) is 13.7 Å². The second kappa shape index (κ2) is 9.08. The van der Waals surface area contributed by atoms with Gasteiger partial charge in [-0.15, -0.1) is 0 Å². The molecule has 0 aromatic heterocycles. The van der Waals surface area contributed by atoms with Crippen molar-refractivity contribution in [3.05, 3.63) is 65.0 Å². The summed E-state index contributed by atoms with van der Waals surface area (Å²) in [4.78, 5) is 11.8. The van der Waals surface area contributed by atoms with Crippen LogP contribution >= 0.6 is 0 Å². The Morgan fingerprint density at radius 1 is 1.19 bits per heavy atom. The maximum Gasteiger partial charge on any atom is 0.416 e. The Hall–Kier alpha value is -3.01. The number of nitrogens with one attached hydrogen (secondary N) is 1. The minimum absolute atomic E-state index is 0.00600. The normalized spacial score (nSPS) is 10.7. The molecule has 0 unspecified atom stereocenters. The van der Waals surface area contributed by atoms with Gasteiger partial charge in [0.25, 0.3) is 0 Å². The van der Waals surface area contributed by atoms with Crippen molar-refractivity contribution in [3.63, 3.8) is 0 Å². The van der Waals surface area contributed by atoms with Crippen molar-refractivity contribution in [1.29, 1.82) is 0 Å². The molecule has 7 heteroatoms. The summed E-state index contributed by atoms with van der Waals surface area (Å²) in [5, 5.41) is 2.55. The molecule has 0 radical (unpaired) electrons. The van der Waals surface area contributed by atoms with E-state index in [1.807, 2.05) is 0 Å². The van der Waals surface area contributed by atoms with Crippen molar-refractivity contribution >= 4 is 5.91 Å². The smallest absolute Gasteiger partial charge is 0.416 e. The van der Waals surface area contributed by atoms with E-state index in [0.717, 1.165) is 12.1 Å². The van der Waals surface area contributed by atoms with E-state index < -0.39 is 17.6 Å². The number of amides is 1. The van der Waals surface area contributed by atoms with Gasteiger partial charge >= 0.3 is 6.18 Å². The minimum Gasteiger partial charge on any atom is -0.494 e. The average molecular weight is 379 g/mol. The third-order valence-corrected chi connectivity index (χ3v) is 3.65. The van der Waals surface area contributed by atoms with Gasteiger partial charge in [0.15, 0.2) is 11.6 Å². The predicted molar refractivity (Wildman–Crippen MR) is 92.6 cm³/mol. The largest absolute Gasteiger partial charge is 0.494 e. The third kappa shape index (κ3) is 6.33. The fourth-order valence-electron chi connectivity index (χ4n) is 2.27. The standard InChI is InChI=1S/C20H17F4NO2/c1-27-18-9-7-15(13-17(18)21)8-10-19(26)25-11-3-5-14-4-2-6-16(12-14)20(22,23)24/h2,4,6-7,9,12-13H,8,10-11H2,1H3,(H,25,26). The maximum absolute atomic E-state index is 13.6. The Morgan fingerprint density at radius 3 is 2.63 bits per heavy atom. The number of benzene rings is 2. The van der Waals surface area contributed by atoms with Crippen molar-refractivity contribution < 1.29 is 27.1 Å². The van der Waals surface area contributed by atoms with Crippen LogP contribution in [-0.4, -0.2) is 19.6 Å². The van der Waals surface area contributed by atoms with Gasteiger partial charge in [-0.1, -0.05) is 24.0 Å². The lowest BCUT2D eigenvalue weighted by Gasteiger charge is -2.06. The number of hydrogen-bond acceptors (Lipinski definition) is 2. The van der Waals surface area contributed by atoms with E-state index in [2.05, 4.69) is 17.2 Å². The molecule has 27 heavy (non-hydrogen) atoms. The van der Waals surface area contributed by atoms with Crippen LogP contribution in [0.15, 0.2) is 42.5 Å². The molecule has 3 nitrogen and oxygen atoms in total. The maximum atomic E-state index is 13.6. The molecule has 0 aliphatic carbocycles. The molecule has 0 aliphatic heterocycles. The fraction of sp³-hybridized carbons (Fsp3) is 0.250. The van der Waals surface area contributed by atoms with Gasteiger partial charge in [-0.2, -0.15) is 13.2 Å². The molecule has 0 spiro atoms. The SMILES string of the molecule is COc1ccc(CCC(=O)NCC#Cc2cccc(C(F)(F)F)c2)cc1F. The highest BCUT2D eigenvalue weighted by atomic mass is 19.4. The van der Waals surface area contributed by atoms with Crippen molar-refractivity contribution in [2.24, 2.45) is 0 Å². The van der Waals surface area contributed by atoms with Crippen molar-refractivity contribution in [1.82, 2.24) is 5.32 Å². The summed E-state index contributed by atoms with van der Waals surface area (Å²) < 4.78 is 56.2. The van der Waals surface area contributed by atoms with Crippen LogP contribution in [0.3, 0.4) is 0 Å². The summed E-state index contributed by atoms with van der Waals surface area (Å²) in [5.74, 6) is 4.53. The Labute approximate surface area is 154 Å². The van der Waals surface area contributed by atoms with Crippen LogP contribution in [0.4, 0.5) is 17.6 Å². The molecule has 0 saturated carbocycles. The molecule has 1 N–H and O–H groups in total. The molecule has 0 fully saturated rings. The number of ether oxygens (including phenoxy) is 1. The number of methoxy groups -OCH3 is 1. The summed E-state index contributed by atoms with van der Waals surface area (Å²) in [6, 6.07) is 9.12. The zero-order valence-corrected chi connectivity index (χ0v) is 14.5. The first-order valence-electron chi connectivity index (χ1n) is 8.05. The van der Waals surface area contributed by atoms with Gasteiger partial charge < -0.3 is 10.1 Å². The lowest BCUT2D eigenvalue weighted by Crippen LogP contribution is -2.23. The monoisotopic (exact) mass is 379 g/mol. The van der Waals surface area contributed by atoms with Crippen LogP contribution in [0.5, 0.6) is 5.75 Å². The van der Waals surface area contributed by atoms with Gasteiger partial charge in [-0.3, -0.25) is 4.79 Å². The Morgan fingerprint density at radius 2 is 1.96 bits per heavy atom. The van der Waals surface area contributed by atoms with Crippen LogP contribution < -0.4 is 10.1 Å². The van der Waals surface area contributed by atoms with Crippen molar-refractivity contribution in [2.45, 2.75) is 19.0 Å². The zero-order chi connectivity index (χ0) is 19.9. The van der Waals surface area contributed by atoms with Crippen molar-refractivity contribution in [3.8, 4) is 17.6 Å². The molecule has 0 aliphatic rings. The van der Waals surface area contributed by atoms with Gasteiger partial charge in [-0.05, 0) is 42.3 Å². The lowest BCUT2D eigenvalue weighted by atomic mass is 10.1. The summed E-state index contributed by atoms with van der Waals surface area (Å²) in [6.45, 7) is 0.00600. The first-order chi connectivity index (χ1) is 12.8. The molecule has 0 bridgehead atoms. The summed E-state index contributed by atoms with van der Waals surface area (Å²) in [5.41, 5.74) is 0.0938. The Kier molecular flexibility index (Phi) is 6.83. The molecule has 1 amide bonds. The molecular formula is C20H17F4NO2. The number of aryl methyl sites for hydroxylation is 1. The fourth-order valence-corrected chi connectivity index (χ4v) is 2.27. The van der Waals surface area contributed by atoms with Gasteiger partial charge in [-0.25, -0.2) is 4.39 Å². The van der Waals surface area contributed by atoms with E-state index in [9.17, 15) is 22.4 Å². The number of carbonyl (C=O) groups is 1. The number of carbonyl (C=O) groups excluding carboxylic acids is 1. The number of halogens is 4. The van der Waals surface area contributed by atoms with Gasteiger partial charge in [0.2, 0.25) is 5.91 Å². The van der Waals surface area contributed by atoms with E-state index in [4.69, 9.17) is 4.74 Å². The number of alkyl halides is 3. The topological polar surface area (TPSA) is 38.3 Å². The molecule has 2 aromatic carbocycles. The third-order valence-electron chi connectivity index (χ3n) is 3.65. The quantitative estimate of drug-likeness (QED) is 0.631. The number of hydrogen-bond donors (Lipinski definition) is 1. The molecule has 142 valence electrons. The van der Waals surface area contributed by atoms with E-state index in [-0.39, 0.29) is 30.2 Å². The molecule has 2 aromatic rings. The molecule has 2 rings (SSSR count). The summed E-state index contributed by atoms with van der Waals surface area (Å²) >= 11 is 0. The van der Waals surface area contributed by atoms with Crippen LogP contribution in [0.1, 0.15) is 23.1 Å². The molecule has 0 saturated heterocycles. The number of rotatable bonds is 5. The predicted octanol–water partition coefficient (Wildman–Crippen LogP) is 3.95. The highest BCUT2D eigenvalue weighted by molar-refractivity contribution is 5.76. The summed E-state index contributed by atoms with van der Waals surface area (Å²) in [7, 11) is 1.37. The highest BCUT2D eigenvalue weighted by Gasteiger charge is 2.30. The van der Waals surface area contributed by atoms with E-state index in [0.29, 0.717) is 12.0 Å². The molecule has 0 atom stereocenters. The molecule has 0 heterocycles. The lowest BCUT2D eigenvalue weighted by molar-refractivity contribution is -0.137. The highest BCUT2D eigenvalue weighted by Crippen LogP contribution is 2.29. The van der Waals surface area contributed by atoms with Crippen LogP contribution in [0.25, 0.3) is 0 Å². The van der Waals surface area contributed by atoms with Gasteiger partial charge in [0, 0.05) is 12.0 Å². The van der Waals surface area contributed by atoms with E-state index in [1.165, 1.54) is 31.4 Å². The Bertz CT molecular complexity index is 866. The first-order valence-corrected chi connectivity index (χ1v) is 8.05. The summed E-state index contributed by atoms with van der Waals surface area (Å²) in [6.07, 6.45) is -3.95. The second-order valence-corrected chi connectivity index (χ2v) is 5.63. The van der Waals surface area contributed by atoms with E-state index in [1.54, 1.807) is 6.07 Å². The zero-order valence-electron chi connectivity index (χ0n) is 14.5. The van der Waals surface area contributed by atoms with Gasteiger partial charge in [0.05, 0.1) is 19.2 Å². The Balaban J connectivity index is 1.82. The first kappa shape index (κ1) is 20.3. The second-order valence-electron chi connectivity index (χ2n) is 5.63. The van der Waals surface area contributed by atoms with Crippen LogP contribution in [0, 0.1) is 17.7 Å². The van der Waals surface area contributed by atoms with E-state index >= 15 is 0 Å². The average Bonchev–Trinajstić information content (AvgIpc) is 2.63. The van der Waals surface area contributed by atoms with Gasteiger partial charge in [0.1, 0.15) is 0 Å².